The monoisotopic (exact) mass is 355 g/mol. The first-order valence-electron chi connectivity index (χ1n) is 7.69. The molecule has 2 heterocycles. The van der Waals surface area contributed by atoms with Gasteiger partial charge in [0.1, 0.15) is 5.76 Å². The Labute approximate surface area is 150 Å². The van der Waals surface area contributed by atoms with Crippen molar-refractivity contribution in [1.82, 2.24) is 0 Å². The number of furan rings is 1. The van der Waals surface area contributed by atoms with Gasteiger partial charge in [0.2, 0.25) is 11.6 Å². The zero-order chi connectivity index (χ0) is 18.5. The van der Waals surface area contributed by atoms with Gasteiger partial charge < -0.3 is 23.4 Å². The third kappa shape index (κ3) is 3.46. The second kappa shape index (κ2) is 7.60. The van der Waals surface area contributed by atoms with Gasteiger partial charge in [-0.05, 0) is 36.4 Å². The average molecular weight is 355 g/mol. The molecule has 7 nitrogen and oxygen atoms in total. The van der Waals surface area contributed by atoms with Crippen molar-refractivity contribution in [1.29, 1.82) is 0 Å². The number of allylic oxidation sites excluding steroid dienone is 2. The lowest BCUT2D eigenvalue weighted by Gasteiger charge is -2.13. The lowest BCUT2D eigenvalue weighted by atomic mass is 10.2. The molecule has 0 aliphatic carbocycles. The van der Waals surface area contributed by atoms with E-state index in [1.807, 2.05) is 0 Å². The zero-order valence-electron chi connectivity index (χ0n) is 14.5. The van der Waals surface area contributed by atoms with Crippen molar-refractivity contribution < 1.29 is 28.2 Å². The molecule has 1 aliphatic rings. The summed E-state index contributed by atoms with van der Waals surface area (Å²) in [5, 5.41) is 0. The van der Waals surface area contributed by atoms with E-state index in [-0.39, 0.29) is 11.6 Å². The van der Waals surface area contributed by atoms with Gasteiger partial charge in [0, 0.05) is 5.56 Å². The van der Waals surface area contributed by atoms with Gasteiger partial charge in [-0.3, -0.25) is 0 Å². The summed E-state index contributed by atoms with van der Waals surface area (Å²) in [7, 11) is 4.53. The minimum Gasteiger partial charge on any atom is -0.493 e. The highest BCUT2D eigenvalue weighted by molar-refractivity contribution is 6.11. The normalized spacial score (nSPS) is 15.3. The minimum atomic E-state index is -0.544. The lowest BCUT2D eigenvalue weighted by molar-refractivity contribution is -0.130. The van der Waals surface area contributed by atoms with Crippen molar-refractivity contribution >= 4 is 17.9 Å². The van der Waals surface area contributed by atoms with Gasteiger partial charge in [-0.2, -0.15) is 0 Å². The largest absolute Gasteiger partial charge is 0.493 e. The maximum Gasteiger partial charge on any atom is 0.363 e. The molecule has 0 unspecified atom stereocenters. The molecule has 0 amide bonds. The maximum absolute atomic E-state index is 12.0. The van der Waals surface area contributed by atoms with E-state index in [0.29, 0.717) is 28.6 Å². The van der Waals surface area contributed by atoms with Crippen molar-refractivity contribution in [2.75, 3.05) is 21.3 Å². The number of benzene rings is 1. The van der Waals surface area contributed by atoms with E-state index < -0.39 is 5.97 Å². The average Bonchev–Trinajstić information content (AvgIpc) is 3.30. The number of hydrogen-bond donors (Lipinski definition) is 0. The standard InChI is InChI=1S/C19H17NO6/c1-22-15-10-12(11-16(23-2)17(15)24-3)18-20-14(19(21)26-18)8-4-6-13-7-5-9-25-13/h4-11H,1-3H3/b6-4-,14-8+. The highest BCUT2D eigenvalue weighted by atomic mass is 16.6. The summed E-state index contributed by atoms with van der Waals surface area (Å²) in [6.45, 7) is 0. The van der Waals surface area contributed by atoms with Gasteiger partial charge in [-0.1, -0.05) is 6.08 Å². The van der Waals surface area contributed by atoms with E-state index in [0.717, 1.165) is 0 Å². The highest BCUT2D eigenvalue weighted by Crippen LogP contribution is 2.38. The topological polar surface area (TPSA) is 79.5 Å². The number of nitrogens with zero attached hydrogens (tertiary/aromatic N) is 1. The first-order valence-corrected chi connectivity index (χ1v) is 7.69. The number of ether oxygens (including phenoxy) is 4. The van der Waals surface area contributed by atoms with E-state index in [1.54, 1.807) is 48.8 Å². The molecule has 26 heavy (non-hydrogen) atoms. The van der Waals surface area contributed by atoms with Crippen LogP contribution in [0, 0.1) is 0 Å². The first-order chi connectivity index (χ1) is 12.7. The molecule has 1 aliphatic heterocycles. The van der Waals surface area contributed by atoms with Gasteiger partial charge in [-0.25, -0.2) is 9.79 Å². The Morgan fingerprint density at radius 2 is 1.81 bits per heavy atom. The zero-order valence-corrected chi connectivity index (χ0v) is 14.5. The van der Waals surface area contributed by atoms with Crippen LogP contribution >= 0.6 is 0 Å². The van der Waals surface area contributed by atoms with Crippen LogP contribution in [0.5, 0.6) is 17.2 Å². The van der Waals surface area contributed by atoms with E-state index in [4.69, 9.17) is 23.4 Å². The van der Waals surface area contributed by atoms with Crippen LogP contribution in [0.2, 0.25) is 0 Å². The fraction of sp³-hybridized carbons (Fsp3) is 0.158. The van der Waals surface area contributed by atoms with E-state index in [1.165, 1.54) is 21.3 Å². The molecule has 0 radical (unpaired) electrons. The predicted octanol–water partition coefficient (Wildman–Crippen LogP) is 3.21. The molecular weight excluding hydrogens is 338 g/mol. The van der Waals surface area contributed by atoms with Crippen molar-refractivity contribution in [3.05, 3.63) is 59.7 Å². The summed E-state index contributed by atoms with van der Waals surface area (Å²) in [5.74, 6) is 1.61. The molecule has 0 saturated carbocycles. The number of esters is 1. The fourth-order valence-corrected chi connectivity index (χ4v) is 2.37. The molecule has 0 N–H and O–H groups in total. The minimum absolute atomic E-state index is 0.159. The summed E-state index contributed by atoms with van der Waals surface area (Å²) in [6.07, 6.45) is 6.50. The Morgan fingerprint density at radius 3 is 2.38 bits per heavy atom. The number of hydrogen-bond acceptors (Lipinski definition) is 7. The lowest BCUT2D eigenvalue weighted by Crippen LogP contribution is -2.06. The van der Waals surface area contributed by atoms with Crippen molar-refractivity contribution in [2.24, 2.45) is 4.99 Å². The third-order valence-electron chi connectivity index (χ3n) is 3.59. The summed E-state index contributed by atoms with van der Waals surface area (Å²) < 4.78 is 26.3. The molecule has 134 valence electrons. The molecule has 2 aromatic rings. The van der Waals surface area contributed by atoms with Crippen LogP contribution in [0.4, 0.5) is 0 Å². The van der Waals surface area contributed by atoms with Crippen LogP contribution in [-0.2, 0) is 9.53 Å². The Bertz CT molecular complexity index is 868. The van der Waals surface area contributed by atoms with Crippen molar-refractivity contribution in [3.8, 4) is 17.2 Å². The number of rotatable bonds is 6. The van der Waals surface area contributed by atoms with Crippen LogP contribution < -0.4 is 14.2 Å². The molecule has 1 aromatic heterocycles. The maximum atomic E-state index is 12.0. The Hall–Kier alpha value is -3.48. The smallest absolute Gasteiger partial charge is 0.363 e. The Kier molecular flexibility index (Phi) is 5.07. The van der Waals surface area contributed by atoms with Gasteiger partial charge >= 0.3 is 5.97 Å². The van der Waals surface area contributed by atoms with E-state index in [2.05, 4.69) is 4.99 Å². The molecule has 7 heteroatoms. The molecule has 0 spiro atoms. The van der Waals surface area contributed by atoms with E-state index >= 15 is 0 Å². The van der Waals surface area contributed by atoms with Crippen LogP contribution in [0.1, 0.15) is 11.3 Å². The van der Waals surface area contributed by atoms with Crippen LogP contribution in [0.25, 0.3) is 6.08 Å². The van der Waals surface area contributed by atoms with Crippen LogP contribution in [0.3, 0.4) is 0 Å². The van der Waals surface area contributed by atoms with Gasteiger partial charge in [-0.15, -0.1) is 0 Å². The molecule has 0 fully saturated rings. The second-order valence-electron chi connectivity index (χ2n) is 5.15. The fourth-order valence-electron chi connectivity index (χ4n) is 2.37. The van der Waals surface area contributed by atoms with Gasteiger partial charge in [0.25, 0.3) is 0 Å². The number of carbonyl (C=O) groups excluding carboxylic acids is 1. The summed E-state index contributed by atoms with van der Waals surface area (Å²) >= 11 is 0. The van der Waals surface area contributed by atoms with Crippen molar-refractivity contribution in [2.45, 2.75) is 0 Å². The molecule has 1 aromatic carbocycles. The quantitative estimate of drug-likeness (QED) is 0.585. The van der Waals surface area contributed by atoms with Crippen LogP contribution in [0.15, 0.2) is 57.8 Å². The third-order valence-corrected chi connectivity index (χ3v) is 3.59. The summed E-state index contributed by atoms with van der Waals surface area (Å²) in [6, 6.07) is 6.90. The number of aliphatic imine (C=N–C) groups is 1. The molecular formula is C19H17NO6. The molecule has 0 bridgehead atoms. The molecule has 3 rings (SSSR count). The molecule has 0 atom stereocenters. The predicted molar refractivity (Wildman–Crippen MR) is 94.6 cm³/mol. The first kappa shape index (κ1) is 17.3. The second-order valence-corrected chi connectivity index (χ2v) is 5.15. The van der Waals surface area contributed by atoms with Gasteiger partial charge in [0.15, 0.2) is 17.2 Å². The number of cyclic esters (lactones) is 1. The van der Waals surface area contributed by atoms with E-state index in [9.17, 15) is 4.79 Å². The highest BCUT2D eigenvalue weighted by Gasteiger charge is 2.26. The van der Waals surface area contributed by atoms with Gasteiger partial charge in [0.05, 0.1) is 27.6 Å². The SMILES string of the molecule is COc1cc(C2=N/C(=C/C=C\c3ccco3)C(=O)O2)cc(OC)c1OC. The molecule has 0 saturated heterocycles. The Morgan fingerprint density at radius 1 is 1.08 bits per heavy atom. The van der Waals surface area contributed by atoms with Crippen molar-refractivity contribution in [3.63, 3.8) is 0 Å². The Balaban J connectivity index is 1.91. The number of methoxy groups -OCH3 is 3. The number of carbonyl (C=O) groups is 1. The summed E-state index contributed by atoms with van der Waals surface area (Å²) in [5.41, 5.74) is 0.711. The van der Waals surface area contributed by atoms with Crippen LogP contribution in [-0.4, -0.2) is 33.2 Å². The summed E-state index contributed by atoms with van der Waals surface area (Å²) in [4.78, 5) is 16.3.